The zero-order chi connectivity index (χ0) is 20.6. The van der Waals surface area contributed by atoms with Gasteiger partial charge in [-0.1, -0.05) is 121 Å². The van der Waals surface area contributed by atoms with Crippen LogP contribution in [-0.4, -0.2) is 22.9 Å². The van der Waals surface area contributed by atoms with Crippen molar-refractivity contribution < 1.29 is 0 Å². The van der Waals surface area contributed by atoms with Crippen LogP contribution in [-0.2, 0) is 0 Å². The molecule has 0 amide bonds. The Hall–Kier alpha value is -1.44. The summed E-state index contributed by atoms with van der Waals surface area (Å²) < 4.78 is 0. The van der Waals surface area contributed by atoms with Crippen LogP contribution < -0.4 is 0 Å². The number of hydrogen-bond donors (Lipinski definition) is 0. The molecule has 0 fully saturated rings. The number of benzene rings is 1. The van der Waals surface area contributed by atoms with Crippen LogP contribution in [0.1, 0.15) is 115 Å². The predicted octanol–water partition coefficient (Wildman–Crippen LogP) is 8.28. The highest BCUT2D eigenvalue weighted by molar-refractivity contribution is 5.21. The maximum atomic E-state index is 2.55. The summed E-state index contributed by atoms with van der Waals surface area (Å²) in [6.45, 7) is 6.87. The largest absolute Gasteiger partial charge is 0.352 e. The van der Waals surface area contributed by atoms with Crippen LogP contribution in [0.5, 0.6) is 0 Å². The lowest BCUT2D eigenvalue weighted by atomic mass is 10.0. The van der Waals surface area contributed by atoms with Gasteiger partial charge >= 0.3 is 0 Å². The molecular weight excluding hydrogens is 352 g/mol. The van der Waals surface area contributed by atoms with Gasteiger partial charge in [-0.15, -0.1) is 0 Å². The van der Waals surface area contributed by atoms with Gasteiger partial charge in [0.05, 0.1) is 0 Å². The van der Waals surface area contributed by atoms with Crippen molar-refractivity contribution in [2.45, 2.75) is 110 Å². The van der Waals surface area contributed by atoms with Crippen LogP contribution in [0.15, 0.2) is 42.7 Å². The van der Waals surface area contributed by atoms with Crippen LogP contribution in [0.2, 0.25) is 0 Å². The van der Waals surface area contributed by atoms with Crippen LogP contribution in [0.25, 0.3) is 0 Å². The molecular formula is C27H46N2. The summed E-state index contributed by atoms with van der Waals surface area (Å²) in [5, 5.41) is 0. The molecule has 0 saturated heterocycles. The van der Waals surface area contributed by atoms with E-state index in [4.69, 9.17) is 0 Å². The smallest absolute Gasteiger partial charge is 0.127 e. The van der Waals surface area contributed by atoms with Crippen LogP contribution in [0.4, 0.5) is 0 Å². The molecule has 1 heterocycles. The van der Waals surface area contributed by atoms with Crippen molar-refractivity contribution >= 4 is 0 Å². The minimum atomic E-state index is 0.397. The number of rotatable bonds is 17. The molecule has 0 spiro atoms. The third-order valence-corrected chi connectivity index (χ3v) is 6.18. The quantitative estimate of drug-likeness (QED) is 0.244. The Balaban J connectivity index is 1.54. The fraction of sp³-hybridized carbons (Fsp3) is 0.704. The summed E-state index contributed by atoms with van der Waals surface area (Å²) in [6.07, 6.45) is 24.7. The highest BCUT2D eigenvalue weighted by atomic mass is 15.4. The van der Waals surface area contributed by atoms with E-state index in [0.29, 0.717) is 6.17 Å². The first-order valence-corrected chi connectivity index (χ1v) is 12.6. The lowest BCUT2D eigenvalue weighted by Crippen LogP contribution is -2.31. The van der Waals surface area contributed by atoms with Gasteiger partial charge in [0, 0.05) is 25.5 Å². The van der Waals surface area contributed by atoms with Crippen molar-refractivity contribution in [2.24, 2.45) is 0 Å². The van der Waals surface area contributed by atoms with Crippen LogP contribution in [0.3, 0.4) is 0 Å². The summed E-state index contributed by atoms with van der Waals surface area (Å²) in [5.74, 6) is 0. The van der Waals surface area contributed by atoms with Gasteiger partial charge in [-0.2, -0.15) is 0 Å². The fourth-order valence-corrected chi connectivity index (χ4v) is 4.50. The van der Waals surface area contributed by atoms with E-state index in [9.17, 15) is 0 Å². The van der Waals surface area contributed by atoms with Gasteiger partial charge in [0.15, 0.2) is 0 Å². The van der Waals surface area contributed by atoms with Crippen LogP contribution in [0, 0.1) is 0 Å². The Morgan fingerprint density at radius 2 is 1.03 bits per heavy atom. The second-order valence-electron chi connectivity index (χ2n) is 8.80. The predicted molar refractivity (Wildman–Crippen MR) is 128 cm³/mol. The number of nitrogens with zero attached hydrogens (tertiary/aromatic N) is 2. The van der Waals surface area contributed by atoms with Gasteiger partial charge in [0.25, 0.3) is 0 Å². The summed E-state index contributed by atoms with van der Waals surface area (Å²) in [6, 6.07) is 11.0. The van der Waals surface area contributed by atoms with E-state index in [1.165, 1.54) is 102 Å². The Morgan fingerprint density at radius 1 is 0.552 bits per heavy atom. The maximum Gasteiger partial charge on any atom is 0.127 e. The zero-order valence-electron chi connectivity index (χ0n) is 19.3. The van der Waals surface area contributed by atoms with Crippen LogP contribution >= 0.6 is 0 Å². The van der Waals surface area contributed by atoms with Gasteiger partial charge in [-0.3, -0.25) is 0 Å². The second-order valence-corrected chi connectivity index (χ2v) is 8.80. The fourth-order valence-electron chi connectivity index (χ4n) is 4.50. The van der Waals surface area contributed by atoms with Gasteiger partial charge < -0.3 is 9.80 Å². The van der Waals surface area contributed by atoms with Crippen molar-refractivity contribution in [3.63, 3.8) is 0 Å². The molecule has 2 heteroatoms. The molecule has 0 N–H and O–H groups in total. The SMILES string of the molecule is CCCCCCCCCCCCCCCN1C=CN(CCC)C1c1ccccc1. The molecule has 29 heavy (non-hydrogen) atoms. The Kier molecular flexibility index (Phi) is 12.7. The van der Waals surface area contributed by atoms with Crippen molar-refractivity contribution in [1.82, 2.24) is 9.80 Å². The van der Waals surface area contributed by atoms with E-state index in [-0.39, 0.29) is 0 Å². The molecule has 0 aliphatic carbocycles. The van der Waals surface area contributed by atoms with E-state index in [0.717, 1.165) is 6.54 Å². The monoisotopic (exact) mass is 398 g/mol. The van der Waals surface area contributed by atoms with Gasteiger partial charge in [-0.05, 0) is 18.4 Å². The van der Waals surface area contributed by atoms with Crippen molar-refractivity contribution in [1.29, 1.82) is 0 Å². The first-order chi connectivity index (χ1) is 14.4. The molecule has 1 aliphatic heterocycles. The molecule has 0 aromatic heterocycles. The molecule has 1 unspecified atom stereocenters. The van der Waals surface area contributed by atoms with Gasteiger partial charge in [0.1, 0.15) is 6.17 Å². The molecule has 1 aromatic rings. The molecule has 164 valence electrons. The van der Waals surface area contributed by atoms with Crippen molar-refractivity contribution in [3.8, 4) is 0 Å². The maximum absolute atomic E-state index is 2.55. The first kappa shape index (κ1) is 23.8. The van der Waals surface area contributed by atoms with Gasteiger partial charge in [-0.25, -0.2) is 0 Å². The molecule has 2 rings (SSSR count). The Morgan fingerprint density at radius 3 is 1.55 bits per heavy atom. The Labute approximate surface area is 181 Å². The highest BCUT2D eigenvalue weighted by Crippen LogP contribution is 2.31. The lowest BCUT2D eigenvalue weighted by molar-refractivity contribution is 0.152. The highest BCUT2D eigenvalue weighted by Gasteiger charge is 2.26. The molecule has 1 aliphatic rings. The zero-order valence-corrected chi connectivity index (χ0v) is 19.3. The Bertz CT molecular complexity index is 525. The topological polar surface area (TPSA) is 6.48 Å². The molecule has 2 nitrogen and oxygen atoms in total. The minimum absolute atomic E-state index is 0.397. The summed E-state index contributed by atoms with van der Waals surface area (Å²) in [7, 11) is 0. The second kappa shape index (κ2) is 15.4. The van der Waals surface area contributed by atoms with E-state index in [2.05, 4.69) is 66.4 Å². The van der Waals surface area contributed by atoms with E-state index < -0.39 is 0 Å². The first-order valence-electron chi connectivity index (χ1n) is 12.6. The van der Waals surface area contributed by atoms with Gasteiger partial charge in [0.2, 0.25) is 0 Å². The summed E-state index contributed by atoms with van der Waals surface area (Å²) in [5.41, 5.74) is 1.42. The van der Waals surface area contributed by atoms with E-state index in [1.807, 2.05) is 0 Å². The molecule has 0 bridgehead atoms. The average molecular weight is 399 g/mol. The number of unbranched alkanes of at least 4 members (excludes halogenated alkanes) is 12. The third-order valence-electron chi connectivity index (χ3n) is 6.18. The normalized spacial score (nSPS) is 16.1. The molecule has 0 radical (unpaired) electrons. The molecule has 1 aromatic carbocycles. The van der Waals surface area contributed by atoms with E-state index >= 15 is 0 Å². The summed E-state index contributed by atoms with van der Waals surface area (Å²) in [4.78, 5) is 5.04. The lowest BCUT2D eigenvalue weighted by Gasteiger charge is -2.33. The average Bonchev–Trinajstić information content (AvgIpc) is 3.15. The molecule has 1 atom stereocenters. The standard InChI is InChI=1S/C27H46N2/c1-3-5-6-7-8-9-10-11-12-13-14-15-19-23-29-25-24-28(22-4-2)27(29)26-20-17-16-18-21-26/h16-18,20-21,24-25,27H,3-15,19,22-23H2,1-2H3. The van der Waals surface area contributed by atoms with Crippen molar-refractivity contribution in [3.05, 3.63) is 48.3 Å². The summed E-state index contributed by atoms with van der Waals surface area (Å²) >= 11 is 0. The van der Waals surface area contributed by atoms with E-state index in [1.54, 1.807) is 0 Å². The number of hydrogen-bond acceptors (Lipinski definition) is 2. The third kappa shape index (κ3) is 9.28. The molecule has 0 saturated carbocycles. The van der Waals surface area contributed by atoms with Crippen molar-refractivity contribution in [2.75, 3.05) is 13.1 Å². The minimum Gasteiger partial charge on any atom is -0.352 e.